The number of imidazole rings is 1. The number of carbonyl (C=O) groups is 1. The first-order valence-corrected chi connectivity index (χ1v) is 11.4. The van der Waals surface area contributed by atoms with Crippen molar-refractivity contribution in [1.29, 1.82) is 0 Å². The molecule has 0 aromatic carbocycles. The van der Waals surface area contributed by atoms with Crippen LogP contribution in [0.25, 0.3) is 5.65 Å². The van der Waals surface area contributed by atoms with E-state index in [1.165, 1.54) is 34.3 Å². The van der Waals surface area contributed by atoms with Gasteiger partial charge in [0.25, 0.3) is 5.91 Å². The maximum Gasteiger partial charge on any atom is 0.276 e. The van der Waals surface area contributed by atoms with Crippen molar-refractivity contribution in [2.45, 2.75) is 37.8 Å². The van der Waals surface area contributed by atoms with E-state index in [0.717, 1.165) is 31.9 Å². The van der Waals surface area contributed by atoms with Gasteiger partial charge in [0, 0.05) is 29.9 Å². The first kappa shape index (κ1) is 21.2. The average molecular weight is 469 g/mol. The summed E-state index contributed by atoms with van der Waals surface area (Å²) >= 11 is 1.43. The van der Waals surface area contributed by atoms with Gasteiger partial charge in [-0.3, -0.25) is 9.78 Å². The Hall–Kier alpha value is -3.64. The van der Waals surface area contributed by atoms with Crippen molar-refractivity contribution < 1.29 is 14.3 Å². The molecule has 0 bridgehead atoms. The predicted molar refractivity (Wildman–Crippen MR) is 122 cm³/mol. The zero-order valence-corrected chi connectivity index (χ0v) is 18.2. The van der Waals surface area contributed by atoms with Crippen molar-refractivity contribution in [3.05, 3.63) is 53.8 Å². The molecule has 0 saturated heterocycles. The van der Waals surface area contributed by atoms with Crippen molar-refractivity contribution in [3.63, 3.8) is 0 Å². The van der Waals surface area contributed by atoms with E-state index in [-0.39, 0.29) is 23.5 Å². The molecule has 12 heteroatoms. The van der Waals surface area contributed by atoms with Gasteiger partial charge >= 0.3 is 0 Å². The number of thiazole rings is 1. The molecule has 4 aromatic heterocycles. The van der Waals surface area contributed by atoms with Gasteiger partial charge in [0.05, 0.1) is 29.9 Å². The molecule has 0 spiro atoms. The first-order valence-electron chi connectivity index (χ1n) is 10.5. The molecule has 0 radical (unpaired) electrons. The van der Waals surface area contributed by atoms with Gasteiger partial charge in [0.15, 0.2) is 22.3 Å². The molecule has 0 unspecified atom stereocenters. The Morgan fingerprint density at radius 1 is 1.15 bits per heavy atom. The second kappa shape index (κ2) is 9.08. The summed E-state index contributed by atoms with van der Waals surface area (Å²) in [6.45, 7) is 0. The number of rotatable bonds is 6. The lowest BCUT2D eigenvalue weighted by Gasteiger charge is -2.26. The van der Waals surface area contributed by atoms with E-state index in [0.29, 0.717) is 22.3 Å². The number of halogens is 1. The number of nitrogens with one attached hydrogen (secondary N) is 3. The van der Waals surface area contributed by atoms with Gasteiger partial charge in [-0.1, -0.05) is 0 Å². The Morgan fingerprint density at radius 2 is 2.00 bits per heavy atom. The monoisotopic (exact) mass is 468 g/mol. The zero-order chi connectivity index (χ0) is 22.8. The Kier molecular flexibility index (Phi) is 5.84. The number of aliphatic hydroxyl groups is 1. The molecule has 170 valence electrons. The number of aromatic nitrogens is 5. The Labute approximate surface area is 191 Å². The molecule has 1 amide bonds. The van der Waals surface area contributed by atoms with Crippen LogP contribution in [0.3, 0.4) is 0 Å². The Morgan fingerprint density at radius 3 is 2.76 bits per heavy atom. The summed E-state index contributed by atoms with van der Waals surface area (Å²) < 4.78 is 15.4. The number of hydrogen-bond donors (Lipinski definition) is 4. The minimum Gasteiger partial charge on any atom is -0.393 e. The zero-order valence-electron chi connectivity index (χ0n) is 17.4. The van der Waals surface area contributed by atoms with E-state index < -0.39 is 11.7 Å². The Balaban J connectivity index is 1.49. The van der Waals surface area contributed by atoms with Gasteiger partial charge in [0.1, 0.15) is 5.82 Å². The fourth-order valence-corrected chi connectivity index (χ4v) is 4.32. The molecule has 0 aliphatic heterocycles. The predicted octanol–water partition coefficient (Wildman–Crippen LogP) is 3.43. The molecule has 5 rings (SSSR count). The highest BCUT2D eigenvalue weighted by atomic mass is 32.1. The van der Waals surface area contributed by atoms with E-state index in [9.17, 15) is 14.3 Å². The molecule has 1 aliphatic carbocycles. The van der Waals surface area contributed by atoms with E-state index in [1.807, 2.05) is 11.4 Å². The van der Waals surface area contributed by atoms with Crippen LogP contribution in [0.15, 0.2) is 42.3 Å². The van der Waals surface area contributed by atoms with Gasteiger partial charge in [-0.2, -0.15) is 0 Å². The summed E-state index contributed by atoms with van der Waals surface area (Å²) in [5, 5.41) is 26.1. The molecular weight excluding hydrogens is 447 g/mol. The number of anilines is 4. The maximum absolute atomic E-state index is 14.0. The van der Waals surface area contributed by atoms with Crippen molar-refractivity contribution >= 4 is 45.2 Å². The van der Waals surface area contributed by atoms with Gasteiger partial charge in [-0.15, -0.1) is 16.4 Å². The maximum atomic E-state index is 14.0. The first-order chi connectivity index (χ1) is 16.1. The number of fused-ring (bicyclic) bond motifs is 1. The van der Waals surface area contributed by atoms with Crippen molar-refractivity contribution in [2.75, 3.05) is 16.0 Å². The second-order valence-electron chi connectivity index (χ2n) is 7.74. The molecule has 10 nitrogen and oxygen atoms in total. The van der Waals surface area contributed by atoms with Crippen molar-refractivity contribution in [2.24, 2.45) is 0 Å². The van der Waals surface area contributed by atoms with E-state index in [1.54, 1.807) is 6.20 Å². The average Bonchev–Trinajstić information content (AvgIpc) is 3.47. The largest absolute Gasteiger partial charge is 0.393 e. The highest BCUT2D eigenvalue weighted by molar-refractivity contribution is 7.13. The fraction of sp³-hybridized carbons (Fsp3) is 0.286. The van der Waals surface area contributed by atoms with Gasteiger partial charge < -0.3 is 21.1 Å². The molecular formula is C21H21FN8O2S. The van der Waals surface area contributed by atoms with Crippen molar-refractivity contribution in [3.8, 4) is 0 Å². The molecule has 4 aromatic rings. The van der Waals surface area contributed by atoms with Crippen LogP contribution in [0.4, 0.5) is 26.7 Å². The van der Waals surface area contributed by atoms with Crippen LogP contribution in [0.2, 0.25) is 0 Å². The molecule has 1 fully saturated rings. The van der Waals surface area contributed by atoms with Crippen LogP contribution < -0.4 is 16.0 Å². The standard InChI is InChI=1S/C21H21FN8O2S/c22-14-10-23-6-5-15(14)27-20(32)17-11-25-19-16(28-21-24-7-8-33-21)9-18(29-30(17)19)26-12-1-3-13(31)4-2-12/h5-13,31H,1-4H2,(H,24,28)(H,26,29)(H,23,27,32)/t12-,13-. The van der Waals surface area contributed by atoms with Crippen LogP contribution >= 0.6 is 11.3 Å². The highest BCUT2D eigenvalue weighted by Crippen LogP contribution is 2.28. The summed E-state index contributed by atoms with van der Waals surface area (Å²) in [7, 11) is 0. The van der Waals surface area contributed by atoms with Gasteiger partial charge in [0.2, 0.25) is 0 Å². The van der Waals surface area contributed by atoms with E-state index in [4.69, 9.17) is 0 Å². The van der Waals surface area contributed by atoms with Gasteiger partial charge in [-0.05, 0) is 31.7 Å². The van der Waals surface area contributed by atoms with E-state index in [2.05, 4.69) is 36.0 Å². The minimum absolute atomic E-state index is 0.0149. The Bertz CT molecular complexity index is 1270. The number of amides is 1. The van der Waals surface area contributed by atoms with Gasteiger partial charge in [-0.25, -0.2) is 18.9 Å². The topological polar surface area (TPSA) is 129 Å². The molecule has 33 heavy (non-hydrogen) atoms. The van der Waals surface area contributed by atoms with Crippen LogP contribution in [-0.4, -0.2) is 47.7 Å². The van der Waals surface area contributed by atoms with Crippen molar-refractivity contribution in [1.82, 2.24) is 24.6 Å². The normalized spacial score (nSPS) is 18.2. The number of carbonyl (C=O) groups excluding carboxylic acids is 1. The van der Waals surface area contributed by atoms with Crippen LogP contribution in [0.5, 0.6) is 0 Å². The quantitative estimate of drug-likeness (QED) is 0.339. The summed E-state index contributed by atoms with van der Waals surface area (Å²) in [6, 6.07) is 3.35. The molecule has 4 N–H and O–H groups in total. The third kappa shape index (κ3) is 4.61. The molecule has 1 aliphatic rings. The lowest BCUT2D eigenvalue weighted by molar-refractivity contribution is 0.101. The molecule has 1 saturated carbocycles. The number of hydrogen-bond acceptors (Lipinski definition) is 9. The molecule has 0 atom stereocenters. The summed E-state index contributed by atoms with van der Waals surface area (Å²) in [6.07, 6.45) is 8.31. The molecule has 4 heterocycles. The third-order valence-corrected chi connectivity index (χ3v) is 6.13. The summed E-state index contributed by atoms with van der Waals surface area (Å²) in [5.41, 5.74) is 1.20. The lowest BCUT2D eigenvalue weighted by Crippen LogP contribution is -2.29. The van der Waals surface area contributed by atoms with Crippen LogP contribution in [0.1, 0.15) is 36.2 Å². The lowest BCUT2D eigenvalue weighted by atomic mass is 9.93. The number of pyridine rings is 1. The number of aliphatic hydroxyl groups excluding tert-OH is 1. The fourth-order valence-electron chi connectivity index (χ4n) is 3.78. The smallest absolute Gasteiger partial charge is 0.276 e. The summed E-state index contributed by atoms with van der Waals surface area (Å²) in [4.78, 5) is 25.2. The second-order valence-corrected chi connectivity index (χ2v) is 8.64. The SMILES string of the molecule is O=C(Nc1ccncc1F)c1cnc2c(Nc3nccs3)cc(N[C@H]3CC[C@H](O)CC3)nn12. The minimum atomic E-state index is -0.638. The van der Waals surface area contributed by atoms with Crippen LogP contribution in [0, 0.1) is 5.82 Å². The van der Waals surface area contributed by atoms with Crippen LogP contribution in [-0.2, 0) is 0 Å². The highest BCUT2D eigenvalue weighted by Gasteiger charge is 2.22. The van der Waals surface area contributed by atoms with E-state index >= 15 is 0 Å². The number of nitrogens with zero attached hydrogens (tertiary/aromatic N) is 5. The summed E-state index contributed by atoms with van der Waals surface area (Å²) in [5.74, 6) is -0.649. The third-order valence-electron chi connectivity index (χ3n) is 5.44.